The molecule has 1 aliphatic rings. The van der Waals surface area contributed by atoms with E-state index in [4.69, 9.17) is 4.74 Å². The Labute approximate surface area is 173 Å². The van der Waals surface area contributed by atoms with Crippen LogP contribution in [0.3, 0.4) is 0 Å². The molecule has 0 saturated carbocycles. The lowest BCUT2D eigenvalue weighted by Gasteiger charge is -2.47. The first-order chi connectivity index (χ1) is 13.8. The summed E-state index contributed by atoms with van der Waals surface area (Å²) >= 11 is 0. The SMILES string of the molecule is COC(=O)c1cc(N(c2ccccc2C#N)C2CCNCC2(C)C)c(C)cc1C. The van der Waals surface area contributed by atoms with Crippen molar-refractivity contribution in [2.24, 2.45) is 5.41 Å². The first-order valence-corrected chi connectivity index (χ1v) is 9.99. The number of carbonyl (C=O) groups excluding carboxylic acids is 1. The van der Waals surface area contributed by atoms with Gasteiger partial charge in [0.05, 0.1) is 23.9 Å². The number of rotatable bonds is 4. The van der Waals surface area contributed by atoms with E-state index in [9.17, 15) is 10.1 Å². The van der Waals surface area contributed by atoms with Gasteiger partial charge >= 0.3 is 5.97 Å². The zero-order chi connectivity index (χ0) is 21.2. The molecule has 0 bridgehead atoms. The van der Waals surface area contributed by atoms with Crippen LogP contribution in [0.4, 0.5) is 11.4 Å². The summed E-state index contributed by atoms with van der Waals surface area (Å²) in [5.41, 5.74) is 4.93. The van der Waals surface area contributed by atoms with E-state index in [0.717, 1.165) is 42.0 Å². The molecule has 1 fully saturated rings. The molecule has 2 aromatic rings. The second-order valence-electron chi connectivity index (χ2n) is 8.41. The average molecular weight is 392 g/mol. The third kappa shape index (κ3) is 3.99. The second kappa shape index (κ2) is 8.26. The van der Waals surface area contributed by atoms with E-state index >= 15 is 0 Å². The minimum absolute atomic E-state index is 0.0242. The molecule has 152 valence electrons. The van der Waals surface area contributed by atoms with Crippen LogP contribution in [-0.4, -0.2) is 32.2 Å². The van der Waals surface area contributed by atoms with Crippen LogP contribution in [0, 0.1) is 30.6 Å². The van der Waals surface area contributed by atoms with Crippen LogP contribution in [0.1, 0.15) is 47.3 Å². The molecule has 5 heteroatoms. The number of piperidine rings is 1. The second-order valence-corrected chi connectivity index (χ2v) is 8.41. The summed E-state index contributed by atoms with van der Waals surface area (Å²) in [7, 11) is 1.40. The molecule has 0 aliphatic carbocycles. The smallest absolute Gasteiger partial charge is 0.338 e. The van der Waals surface area contributed by atoms with Gasteiger partial charge in [-0.05, 0) is 61.6 Å². The molecule has 1 unspecified atom stereocenters. The van der Waals surface area contributed by atoms with Crippen molar-refractivity contribution in [3.8, 4) is 6.07 Å². The van der Waals surface area contributed by atoms with Gasteiger partial charge in [-0.15, -0.1) is 0 Å². The van der Waals surface area contributed by atoms with Crippen molar-refractivity contribution >= 4 is 17.3 Å². The molecule has 5 nitrogen and oxygen atoms in total. The van der Waals surface area contributed by atoms with Gasteiger partial charge in [-0.2, -0.15) is 5.26 Å². The molecule has 1 N–H and O–H groups in total. The van der Waals surface area contributed by atoms with Crippen molar-refractivity contribution in [2.45, 2.75) is 40.2 Å². The van der Waals surface area contributed by atoms with Gasteiger partial charge in [0.1, 0.15) is 6.07 Å². The Bertz CT molecular complexity index is 959. The van der Waals surface area contributed by atoms with Crippen LogP contribution in [0.2, 0.25) is 0 Å². The quantitative estimate of drug-likeness (QED) is 0.778. The predicted molar refractivity (Wildman–Crippen MR) is 116 cm³/mol. The van der Waals surface area contributed by atoms with Crippen molar-refractivity contribution in [1.82, 2.24) is 5.32 Å². The zero-order valence-electron chi connectivity index (χ0n) is 17.9. The summed E-state index contributed by atoms with van der Waals surface area (Å²) in [6, 6.07) is 14.1. The van der Waals surface area contributed by atoms with Crippen molar-refractivity contribution in [3.63, 3.8) is 0 Å². The minimum atomic E-state index is -0.346. The lowest BCUT2D eigenvalue weighted by atomic mass is 9.78. The molecular formula is C24H29N3O2. The maximum absolute atomic E-state index is 12.4. The van der Waals surface area contributed by atoms with E-state index in [-0.39, 0.29) is 17.4 Å². The number of aryl methyl sites for hydroxylation is 2. The molecule has 1 heterocycles. The highest BCUT2D eigenvalue weighted by atomic mass is 16.5. The number of methoxy groups -OCH3 is 1. The van der Waals surface area contributed by atoms with Crippen molar-refractivity contribution in [3.05, 3.63) is 58.7 Å². The number of hydrogen-bond donors (Lipinski definition) is 1. The Morgan fingerprint density at radius 1 is 1.21 bits per heavy atom. The Morgan fingerprint density at radius 3 is 2.59 bits per heavy atom. The lowest BCUT2D eigenvalue weighted by Crippen LogP contribution is -2.53. The lowest BCUT2D eigenvalue weighted by molar-refractivity contribution is 0.0600. The van der Waals surface area contributed by atoms with Gasteiger partial charge in [-0.3, -0.25) is 0 Å². The number of para-hydroxylation sites is 1. The Hall–Kier alpha value is -2.84. The maximum Gasteiger partial charge on any atom is 0.338 e. The van der Waals surface area contributed by atoms with Gasteiger partial charge in [0.25, 0.3) is 0 Å². The van der Waals surface area contributed by atoms with Crippen molar-refractivity contribution in [1.29, 1.82) is 5.26 Å². The van der Waals surface area contributed by atoms with Crippen LogP contribution in [0.5, 0.6) is 0 Å². The van der Waals surface area contributed by atoms with Gasteiger partial charge in [0.2, 0.25) is 0 Å². The van der Waals surface area contributed by atoms with E-state index in [1.807, 2.05) is 43.3 Å². The fourth-order valence-electron chi connectivity index (χ4n) is 4.31. The molecular weight excluding hydrogens is 362 g/mol. The predicted octanol–water partition coefficient (Wildman–Crippen LogP) is 4.49. The fourth-order valence-corrected chi connectivity index (χ4v) is 4.31. The first kappa shape index (κ1) is 20.9. The molecule has 0 spiro atoms. The number of ether oxygens (including phenoxy) is 1. The molecule has 29 heavy (non-hydrogen) atoms. The third-order valence-electron chi connectivity index (χ3n) is 5.88. The van der Waals surface area contributed by atoms with Gasteiger partial charge in [-0.25, -0.2) is 4.79 Å². The number of nitrogens with zero attached hydrogens (tertiary/aromatic N) is 2. The molecule has 0 amide bonds. The number of nitrogens with one attached hydrogen (secondary N) is 1. The Morgan fingerprint density at radius 2 is 1.93 bits per heavy atom. The highest BCUT2D eigenvalue weighted by Gasteiger charge is 2.38. The monoisotopic (exact) mass is 391 g/mol. The van der Waals surface area contributed by atoms with Gasteiger partial charge in [0.15, 0.2) is 0 Å². The summed E-state index contributed by atoms with van der Waals surface area (Å²) in [6.07, 6.45) is 0.938. The summed E-state index contributed by atoms with van der Waals surface area (Å²) in [5, 5.41) is 13.3. The summed E-state index contributed by atoms with van der Waals surface area (Å²) < 4.78 is 5.01. The molecule has 0 aromatic heterocycles. The molecule has 1 saturated heterocycles. The molecule has 1 atom stereocenters. The summed E-state index contributed by atoms with van der Waals surface area (Å²) in [5.74, 6) is -0.346. The minimum Gasteiger partial charge on any atom is -0.465 e. The van der Waals surface area contributed by atoms with Crippen LogP contribution in [0.15, 0.2) is 36.4 Å². The first-order valence-electron chi connectivity index (χ1n) is 9.99. The molecule has 2 aromatic carbocycles. The highest BCUT2D eigenvalue weighted by molar-refractivity contribution is 5.93. The highest BCUT2D eigenvalue weighted by Crippen LogP contribution is 2.41. The molecule has 0 radical (unpaired) electrons. The van der Waals surface area contributed by atoms with Gasteiger partial charge in [0, 0.05) is 18.3 Å². The Kier molecular flexibility index (Phi) is 5.95. The van der Waals surface area contributed by atoms with Crippen molar-refractivity contribution in [2.75, 3.05) is 25.1 Å². The zero-order valence-corrected chi connectivity index (χ0v) is 17.9. The summed E-state index contributed by atoms with van der Waals surface area (Å²) in [4.78, 5) is 14.6. The van der Waals surface area contributed by atoms with Crippen LogP contribution in [-0.2, 0) is 4.74 Å². The van der Waals surface area contributed by atoms with Crippen LogP contribution < -0.4 is 10.2 Å². The van der Waals surface area contributed by atoms with Crippen LogP contribution in [0.25, 0.3) is 0 Å². The standard InChI is InChI=1S/C24H29N3O2/c1-16-12-17(2)21(13-19(16)23(28)29-5)27(20-9-7-6-8-18(20)14-25)22-10-11-26-15-24(22,3)4/h6-9,12-13,22,26H,10-11,15H2,1-5H3. The number of esters is 1. The van der Waals surface area contributed by atoms with Crippen molar-refractivity contribution < 1.29 is 9.53 Å². The van der Waals surface area contributed by atoms with Gasteiger partial charge in [-0.1, -0.05) is 32.0 Å². The number of anilines is 2. The largest absolute Gasteiger partial charge is 0.465 e. The fraction of sp³-hybridized carbons (Fsp3) is 0.417. The van der Waals surface area contributed by atoms with E-state index < -0.39 is 0 Å². The Balaban J connectivity index is 2.27. The topological polar surface area (TPSA) is 65.4 Å². The van der Waals surface area contributed by atoms with E-state index in [0.29, 0.717) is 11.1 Å². The summed E-state index contributed by atoms with van der Waals surface area (Å²) in [6.45, 7) is 10.3. The number of nitriles is 1. The van der Waals surface area contributed by atoms with Crippen LogP contribution >= 0.6 is 0 Å². The van der Waals surface area contributed by atoms with E-state index in [1.165, 1.54) is 7.11 Å². The van der Waals surface area contributed by atoms with E-state index in [1.54, 1.807) is 0 Å². The number of benzene rings is 2. The van der Waals surface area contributed by atoms with Gasteiger partial charge < -0.3 is 15.0 Å². The third-order valence-corrected chi connectivity index (χ3v) is 5.88. The maximum atomic E-state index is 12.4. The number of carbonyl (C=O) groups is 1. The number of hydrogen-bond acceptors (Lipinski definition) is 5. The molecule has 1 aliphatic heterocycles. The van der Waals surface area contributed by atoms with E-state index in [2.05, 4.69) is 37.1 Å². The normalized spacial score (nSPS) is 18.0. The molecule has 3 rings (SSSR count). The average Bonchev–Trinajstić information content (AvgIpc) is 2.70.